The van der Waals surface area contributed by atoms with Crippen LogP contribution in [0.1, 0.15) is 26.3 Å². The van der Waals surface area contributed by atoms with Gasteiger partial charge in [0.1, 0.15) is 0 Å². The molecule has 3 nitrogen and oxygen atoms in total. The van der Waals surface area contributed by atoms with Crippen molar-refractivity contribution in [1.29, 1.82) is 0 Å². The molecule has 2 aromatic carbocycles. The first-order valence-corrected chi connectivity index (χ1v) is 8.46. The molecule has 0 N–H and O–H groups in total. The quantitative estimate of drug-likeness (QED) is 0.466. The Morgan fingerprint density at radius 2 is 1.46 bits per heavy atom. The van der Waals surface area contributed by atoms with Crippen LogP contribution in [0, 0.1) is 0 Å². The van der Waals surface area contributed by atoms with Crippen LogP contribution in [-0.4, -0.2) is 18.1 Å². The molecule has 0 bridgehead atoms. The van der Waals surface area contributed by atoms with Gasteiger partial charge in [-0.05, 0) is 23.8 Å². The summed E-state index contributed by atoms with van der Waals surface area (Å²) < 4.78 is 0. The Bertz CT molecular complexity index is 987. The molecule has 26 heavy (non-hydrogen) atoms. The van der Waals surface area contributed by atoms with Gasteiger partial charge in [-0.1, -0.05) is 54.6 Å². The zero-order valence-electron chi connectivity index (χ0n) is 14.2. The molecule has 2 aliphatic rings. The Morgan fingerprint density at radius 3 is 2.12 bits per heavy atom. The number of rotatable bonds is 3. The van der Waals surface area contributed by atoms with Gasteiger partial charge in [-0.2, -0.15) is 0 Å². The summed E-state index contributed by atoms with van der Waals surface area (Å²) in [6, 6.07) is 15.0. The number of hydrogen-bond donors (Lipinski definition) is 0. The van der Waals surface area contributed by atoms with Gasteiger partial charge in [-0.3, -0.25) is 9.59 Å². The third kappa shape index (κ3) is 2.54. The summed E-state index contributed by atoms with van der Waals surface area (Å²) in [5.41, 5.74) is 4.29. The molecule has 0 atom stereocenters. The van der Waals surface area contributed by atoms with E-state index in [1.54, 1.807) is 30.3 Å². The van der Waals surface area contributed by atoms with Gasteiger partial charge in [0.25, 0.3) is 0 Å². The molecule has 1 aliphatic heterocycles. The number of carbonyl (C=O) groups excluding carboxylic acids is 2. The Morgan fingerprint density at radius 1 is 0.846 bits per heavy atom. The Kier molecular flexibility index (Phi) is 3.98. The van der Waals surface area contributed by atoms with Gasteiger partial charge in [0.05, 0.1) is 5.57 Å². The lowest BCUT2D eigenvalue weighted by Gasteiger charge is -2.26. The first kappa shape index (κ1) is 16.0. The van der Waals surface area contributed by atoms with Gasteiger partial charge in [-0.15, -0.1) is 6.58 Å². The fourth-order valence-corrected chi connectivity index (χ4v) is 3.35. The molecule has 1 aliphatic carbocycles. The van der Waals surface area contributed by atoms with Gasteiger partial charge in [-0.25, -0.2) is 0 Å². The first-order valence-electron chi connectivity index (χ1n) is 8.46. The van der Waals surface area contributed by atoms with E-state index in [-0.39, 0.29) is 17.1 Å². The topological polar surface area (TPSA) is 37.4 Å². The second kappa shape index (κ2) is 6.45. The van der Waals surface area contributed by atoms with Crippen molar-refractivity contribution in [2.45, 2.75) is 0 Å². The molecule has 0 spiro atoms. The normalized spacial score (nSPS) is 16.7. The second-order valence-corrected chi connectivity index (χ2v) is 6.18. The van der Waals surface area contributed by atoms with Crippen LogP contribution in [0.5, 0.6) is 0 Å². The first-order chi connectivity index (χ1) is 12.7. The molecule has 0 unspecified atom stereocenters. The van der Waals surface area contributed by atoms with Crippen molar-refractivity contribution in [2.75, 3.05) is 11.4 Å². The van der Waals surface area contributed by atoms with Crippen LogP contribution in [0.15, 0.2) is 91.2 Å². The van der Waals surface area contributed by atoms with Crippen molar-refractivity contribution in [1.82, 2.24) is 0 Å². The van der Waals surface area contributed by atoms with Crippen molar-refractivity contribution in [3.8, 4) is 0 Å². The average Bonchev–Trinajstić information content (AvgIpc) is 2.92. The number of hydrogen-bond acceptors (Lipinski definition) is 3. The summed E-state index contributed by atoms with van der Waals surface area (Å²) in [6.07, 6.45) is 9.31. The molecule has 3 heteroatoms. The largest absolute Gasteiger partial charge is 0.344 e. The monoisotopic (exact) mass is 339 g/mol. The number of Topliss-reactive ketones (excluding diaryl/α,β-unsaturated/α-hetero) is 2. The molecule has 0 aromatic heterocycles. The second-order valence-electron chi connectivity index (χ2n) is 6.18. The van der Waals surface area contributed by atoms with Crippen molar-refractivity contribution in [3.05, 3.63) is 108 Å². The predicted octanol–water partition coefficient (Wildman–Crippen LogP) is 4.60. The minimum Gasteiger partial charge on any atom is -0.344 e. The van der Waals surface area contributed by atoms with E-state index in [0.717, 1.165) is 16.8 Å². The standard InChI is InChI=1S/C23H17NO2/c1-2-14-24-15-13-16(17-7-5-6-10-21(17)24)11-12-20-22(25)18-8-3-4-9-19(18)23(20)26/h2-13,15H,1,14H2. The van der Waals surface area contributed by atoms with E-state index in [4.69, 9.17) is 0 Å². The molecule has 0 saturated heterocycles. The molecule has 126 valence electrons. The maximum absolute atomic E-state index is 12.5. The molecule has 0 radical (unpaired) electrons. The van der Waals surface area contributed by atoms with Crippen molar-refractivity contribution < 1.29 is 9.59 Å². The van der Waals surface area contributed by atoms with E-state index < -0.39 is 0 Å². The molecule has 4 rings (SSSR count). The molecule has 0 saturated carbocycles. The highest BCUT2D eigenvalue weighted by Crippen LogP contribution is 2.33. The zero-order chi connectivity index (χ0) is 18.1. The van der Waals surface area contributed by atoms with E-state index in [0.29, 0.717) is 17.7 Å². The number of nitrogens with zero attached hydrogens (tertiary/aromatic N) is 1. The maximum atomic E-state index is 12.5. The van der Waals surface area contributed by atoms with Gasteiger partial charge < -0.3 is 4.90 Å². The molecule has 0 fully saturated rings. The van der Waals surface area contributed by atoms with E-state index in [9.17, 15) is 9.59 Å². The fourth-order valence-electron chi connectivity index (χ4n) is 3.35. The number of ketones is 2. The predicted molar refractivity (Wildman–Crippen MR) is 104 cm³/mol. The van der Waals surface area contributed by atoms with Crippen LogP contribution in [0.3, 0.4) is 0 Å². The van der Waals surface area contributed by atoms with Crippen LogP contribution in [-0.2, 0) is 0 Å². The maximum Gasteiger partial charge on any atom is 0.197 e. The molecule has 1 heterocycles. The Hall–Kier alpha value is -3.46. The van der Waals surface area contributed by atoms with Gasteiger partial charge in [0.15, 0.2) is 11.6 Å². The van der Waals surface area contributed by atoms with Crippen molar-refractivity contribution in [3.63, 3.8) is 0 Å². The van der Waals surface area contributed by atoms with E-state index in [2.05, 4.69) is 11.5 Å². The van der Waals surface area contributed by atoms with Crippen molar-refractivity contribution >= 4 is 22.8 Å². The molecular formula is C23H17NO2. The zero-order valence-corrected chi connectivity index (χ0v) is 14.2. The van der Waals surface area contributed by atoms with Crippen molar-refractivity contribution in [2.24, 2.45) is 0 Å². The summed E-state index contributed by atoms with van der Waals surface area (Å²) in [5, 5.41) is 0. The highest BCUT2D eigenvalue weighted by molar-refractivity contribution is 6.39. The average molecular weight is 339 g/mol. The van der Waals surface area contributed by atoms with E-state index in [1.165, 1.54) is 0 Å². The smallest absolute Gasteiger partial charge is 0.197 e. The number of fused-ring (bicyclic) bond motifs is 2. The van der Waals surface area contributed by atoms with Gasteiger partial charge in [0, 0.05) is 35.1 Å². The summed E-state index contributed by atoms with van der Waals surface area (Å²) in [7, 11) is 0. The fraction of sp³-hybridized carbons (Fsp3) is 0.0435. The van der Waals surface area contributed by atoms with Gasteiger partial charge in [0.2, 0.25) is 0 Å². The number of carbonyl (C=O) groups is 2. The number of benzene rings is 2. The van der Waals surface area contributed by atoms with Gasteiger partial charge >= 0.3 is 0 Å². The molecular weight excluding hydrogens is 322 g/mol. The highest BCUT2D eigenvalue weighted by Gasteiger charge is 2.32. The Balaban J connectivity index is 1.73. The van der Waals surface area contributed by atoms with E-state index >= 15 is 0 Å². The minimum absolute atomic E-state index is 0.205. The minimum atomic E-state index is -0.205. The number of anilines is 1. The number of allylic oxidation sites excluding steroid dienone is 5. The lowest BCUT2D eigenvalue weighted by molar-refractivity contribution is 0.0989. The summed E-state index contributed by atoms with van der Waals surface area (Å²) >= 11 is 0. The number of para-hydroxylation sites is 1. The third-order valence-electron chi connectivity index (χ3n) is 4.62. The Labute approximate surface area is 152 Å². The summed E-state index contributed by atoms with van der Waals surface area (Å²) in [5.74, 6) is -0.410. The highest BCUT2D eigenvalue weighted by atomic mass is 16.2. The lowest BCUT2D eigenvalue weighted by atomic mass is 9.98. The van der Waals surface area contributed by atoms with Crippen LogP contribution in [0.4, 0.5) is 5.69 Å². The third-order valence-corrected chi connectivity index (χ3v) is 4.62. The van der Waals surface area contributed by atoms with E-state index in [1.807, 2.05) is 48.7 Å². The van der Waals surface area contributed by atoms with Crippen LogP contribution in [0.2, 0.25) is 0 Å². The van der Waals surface area contributed by atoms with Crippen LogP contribution in [0.25, 0.3) is 5.57 Å². The van der Waals surface area contributed by atoms with Crippen LogP contribution < -0.4 is 4.90 Å². The SMILES string of the molecule is C=CCN1C=CC(=CC=C2C(=O)c3ccccc3C2=O)c2ccccc21. The molecule has 0 amide bonds. The van der Waals surface area contributed by atoms with Crippen LogP contribution >= 0.6 is 0 Å². The molecule has 2 aromatic rings. The summed E-state index contributed by atoms with van der Waals surface area (Å²) in [4.78, 5) is 27.1. The lowest BCUT2D eigenvalue weighted by Crippen LogP contribution is -2.19. The summed E-state index contributed by atoms with van der Waals surface area (Å²) in [6.45, 7) is 4.51.